The molecule has 1 rings (SSSR count). The van der Waals surface area contributed by atoms with Crippen molar-refractivity contribution in [1.29, 1.82) is 0 Å². The van der Waals surface area contributed by atoms with Crippen LogP contribution < -0.4 is 5.73 Å². The van der Waals surface area contributed by atoms with Crippen molar-refractivity contribution in [3.8, 4) is 0 Å². The van der Waals surface area contributed by atoms with Gasteiger partial charge in [0, 0.05) is 17.0 Å². The van der Waals surface area contributed by atoms with Gasteiger partial charge in [-0.3, -0.25) is 0 Å². The van der Waals surface area contributed by atoms with Crippen molar-refractivity contribution in [3.05, 3.63) is 0 Å². The van der Waals surface area contributed by atoms with E-state index in [1.165, 1.54) is 0 Å². The van der Waals surface area contributed by atoms with Crippen LogP contribution in [0.1, 0.15) is 38.4 Å². The van der Waals surface area contributed by atoms with E-state index in [1.807, 2.05) is 0 Å². The lowest BCUT2D eigenvalue weighted by Gasteiger charge is -2.28. The maximum Gasteiger partial charge on any atom is 0.0604 e. The second kappa shape index (κ2) is 2.67. The Balaban J connectivity index is 3.55. The summed E-state index contributed by atoms with van der Waals surface area (Å²) >= 11 is 0. The highest BCUT2D eigenvalue weighted by Gasteiger charge is 2.22. The molecule has 1 fully saturated rings. The molecule has 0 spiro atoms. The Morgan fingerprint density at radius 3 is 3.44 bits per heavy atom. The second-order valence-electron chi connectivity index (χ2n) is 1.86. The molecule has 0 aliphatic heterocycles. The molecule has 1 saturated carbocycles. The van der Waals surface area contributed by atoms with Gasteiger partial charge in [-0.05, 0) is 25.1 Å². The summed E-state index contributed by atoms with van der Waals surface area (Å²) in [6, 6.07) is -1.57. The molecule has 1 aliphatic rings. The van der Waals surface area contributed by atoms with Crippen molar-refractivity contribution in [3.63, 3.8) is 0 Å². The Bertz CT molecular complexity index is 351. The summed E-state index contributed by atoms with van der Waals surface area (Å²) in [6.45, 7) is -3.37. The number of hydrogen-bond donors (Lipinski definition) is 2. The summed E-state index contributed by atoms with van der Waals surface area (Å²) < 4.78 is 67.1. The Kier molecular flexibility index (Phi) is 0.517. The van der Waals surface area contributed by atoms with Crippen LogP contribution in [0.4, 0.5) is 0 Å². The molecule has 0 saturated heterocycles. The zero-order chi connectivity index (χ0) is 14.8. The SMILES string of the molecule is [2H]C([2H])([2H])[C@]1([2H])C([2H])([2H])C[C@@H](N)C([2H])([2H])[C@@]1([2H])O. The fraction of sp³-hybridized carbons (Fsp3) is 1.00. The summed E-state index contributed by atoms with van der Waals surface area (Å²) in [7, 11) is 0. The van der Waals surface area contributed by atoms with Crippen LogP contribution in [-0.4, -0.2) is 17.2 Å². The molecule has 2 heteroatoms. The van der Waals surface area contributed by atoms with Crippen LogP contribution in [-0.2, 0) is 0 Å². The van der Waals surface area contributed by atoms with Gasteiger partial charge in [-0.2, -0.15) is 0 Å². The van der Waals surface area contributed by atoms with Crippen LogP contribution in [0.5, 0.6) is 0 Å². The topological polar surface area (TPSA) is 46.2 Å². The van der Waals surface area contributed by atoms with Crippen LogP contribution in [0.3, 0.4) is 0 Å². The highest BCUT2D eigenvalue weighted by Crippen LogP contribution is 2.22. The minimum atomic E-state index is -3.49. The Morgan fingerprint density at radius 2 is 2.78 bits per heavy atom. The van der Waals surface area contributed by atoms with Crippen molar-refractivity contribution in [2.75, 3.05) is 0 Å². The quantitative estimate of drug-likeness (QED) is 0.512. The van der Waals surface area contributed by atoms with E-state index in [-0.39, 0.29) is 0 Å². The van der Waals surface area contributed by atoms with Crippen LogP contribution >= 0.6 is 0 Å². The van der Waals surface area contributed by atoms with Gasteiger partial charge in [0.1, 0.15) is 0 Å². The third-order valence-electron chi connectivity index (χ3n) is 1.06. The fourth-order valence-electron chi connectivity index (χ4n) is 0.595. The first-order valence-corrected chi connectivity index (χ1v) is 2.61. The van der Waals surface area contributed by atoms with Gasteiger partial charge < -0.3 is 10.8 Å². The van der Waals surface area contributed by atoms with Gasteiger partial charge in [-0.1, -0.05) is 6.85 Å². The first-order valence-electron chi connectivity index (χ1n) is 7.11. The Hall–Kier alpha value is -0.0800. The third kappa shape index (κ3) is 1.66. The molecular formula is C7H15NO. The molecule has 0 aromatic heterocycles. The van der Waals surface area contributed by atoms with E-state index < -0.39 is 44.0 Å². The lowest BCUT2D eigenvalue weighted by atomic mass is 9.85. The number of rotatable bonds is 0. The average molecular weight is 138 g/mol. The summed E-state index contributed by atoms with van der Waals surface area (Å²) in [5.74, 6) is -3.33. The van der Waals surface area contributed by atoms with Crippen molar-refractivity contribution < 1.29 is 17.4 Å². The minimum absolute atomic E-state index is 0.761. The van der Waals surface area contributed by atoms with Gasteiger partial charge in [0.05, 0.1) is 7.45 Å². The summed E-state index contributed by atoms with van der Waals surface area (Å²) in [5, 5.41) is 9.89. The summed E-state index contributed by atoms with van der Waals surface area (Å²) in [5.41, 5.74) is 5.37. The van der Waals surface area contributed by atoms with Crippen molar-refractivity contribution in [1.82, 2.24) is 0 Å². The van der Waals surface area contributed by atoms with Crippen LogP contribution in [0.2, 0.25) is 0 Å². The van der Waals surface area contributed by atoms with Crippen molar-refractivity contribution in [2.24, 2.45) is 11.6 Å². The van der Waals surface area contributed by atoms with Crippen molar-refractivity contribution in [2.45, 2.75) is 38.1 Å². The van der Waals surface area contributed by atoms with E-state index in [4.69, 9.17) is 18.1 Å². The average Bonchev–Trinajstić information content (AvgIpc) is 2.11. The van der Waals surface area contributed by atoms with Gasteiger partial charge in [-0.15, -0.1) is 0 Å². The largest absolute Gasteiger partial charge is 0.393 e. The second-order valence-corrected chi connectivity index (χ2v) is 1.86. The fourth-order valence-corrected chi connectivity index (χ4v) is 0.595. The molecule has 54 valence electrons. The van der Waals surface area contributed by atoms with Crippen LogP contribution in [0.15, 0.2) is 0 Å². The zero-order valence-electron chi connectivity index (χ0n) is 13.8. The summed E-state index contributed by atoms with van der Waals surface area (Å²) in [4.78, 5) is 0. The molecule has 1 aliphatic carbocycles. The first-order chi connectivity index (χ1) is 7.63. The normalized spacial score (nSPS) is 88.7. The molecule has 0 bridgehead atoms. The molecule has 0 unspecified atom stereocenters. The molecule has 9 heavy (non-hydrogen) atoms. The Morgan fingerprint density at radius 1 is 2.00 bits per heavy atom. The van der Waals surface area contributed by atoms with Gasteiger partial charge in [0.2, 0.25) is 0 Å². The first kappa shape index (κ1) is 1.74. The zero-order valence-corrected chi connectivity index (χ0v) is 4.81. The van der Waals surface area contributed by atoms with E-state index in [2.05, 4.69) is 0 Å². The lowest BCUT2D eigenvalue weighted by Crippen LogP contribution is -2.35. The third-order valence-corrected chi connectivity index (χ3v) is 1.06. The molecule has 0 heterocycles. The molecular weight excluding hydrogens is 114 g/mol. The Labute approximate surface area is 68.7 Å². The number of hydrogen-bond acceptors (Lipinski definition) is 2. The van der Waals surface area contributed by atoms with Gasteiger partial charge in [0.25, 0.3) is 0 Å². The van der Waals surface area contributed by atoms with E-state index in [1.54, 1.807) is 0 Å². The van der Waals surface area contributed by atoms with E-state index in [0.29, 0.717) is 0 Å². The predicted octanol–water partition coefficient (Wildman–Crippen LogP) is 0.495. The highest BCUT2D eigenvalue weighted by molar-refractivity contribution is 4.78. The molecule has 0 amide bonds. The van der Waals surface area contributed by atoms with Gasteiger partial charge in [-0.25, -0.2) is 0 Å². The molecule has 3 N–H and O–H groups in total. The van der Waals surface area contributed by atoms with Gasteiger partial charge >= 0.3 is 0 Å². The minimum Gasteiger partial charge on any atom is -0.393 e. The highest BCUT2D eigenvalue weighted by atomic mass is 16.3. The van der Waals surface area contributed by atoms with E-state index >= 15 is 0 Å². The maximum absolute atomic E-state index is 9.89. The standard InChI is InChI=1S/C7H15NO/c1-5-2-3-6(8)4-7(5)9/h5-7,9H,2-4,8H2,1H3/t5-,6-,7-/m1/s1/i1D3,2D2,4D2,5D,7D. The molecule has 3 atom stereocenters. The maximum atomic E-state index is 9.89. The molecule has 0 aromatic rings. The van der Waals surface area contributed by atoms with Gasteiger partial charge in [0.15, 0.2) is 0 Å². The number of nitrogens with two attached hydrogens (primary N) is 1. The van der Waals surface area contributed by atoms with Crippen LogP contribution in [0.25, 0.3) is 0 Å². The smallest absolute Gasteiger partial charge is 0.0604 e. The molecule has 2 nitrogen and oxygen atoms in total. The van der Waals surface area contributed by atoms with Crippen molar-refractivity contribution >= 4 is 0 Å². The molecule has 0 radical (unpaired) electrons. The number of aliphatic hydroxyl groups is 1. The summed E-state index contributed by atoms with van der Waals surface area (Å²) in [6.07, 6.45) is -9.98. The van der Waals surface area contributed by atoms with E-state index in [0.717, 1.165) is 0 Å². The molecule has 0 aromatic carbocycles. The predicted molar refractivity (Wildman–Crippen MR) is 37.0 cm³/mol. The van der Waals surface area contributed by atoms with E-state index in [9.17, 15) is 5.11 Å². The van der Waals surface area contributed by atoms with Crippen LogP contribution in [0, 0.1) is 5.89 Å². The lowest BCUT2D eigenvalue weighted by molar-refractivity contribution is 0.0708. The monoisotopic (exact) mass is 138 g/mol.